The third-order valence-corrected chi connectivity index (χ3v) is 2.42. The van der Waals surface area contributed by atoms with E-state index in [9.17, 15) is 0 Å². The first-order chi connectivity index (χ1) is 7.19. The summed E-state index contributed by atoms with van der Waals surface area (Å²) < 4.78 is 0. The van der Waals surface area contributed by atoms with Crippen molar-refractivity contribution in [1.29, 1.82) is 0 Å². The van der Waals surface area contributed by atoms with Crippen LogP contribution in [-0.2, 0) is 0 Å². The molecule has 0 fully saturated rings. The van der Waals surface area contributed by atoms with Gasteiger partial charge < -0.3 is 0 Å². The molecule has 0 aromatic heterocycles. The van der Waals surface area contributed by atoms with E-state index >= 15 is 0 Å². The third-order valence-electron chi connectivity index (χ3n) is 2.42. The zero-order valence-corrected chi connectivity index (χ0v) is 10.4. The molecule has 0 amide bonds. The smallest absolute Gasteiger partial charge is 0.0228 e. The zero-order valence-electron chi connectivity index (χ0n) is 10.4. The molecule has 0 saturated heterocycles. The molecule has 0 N–H and O–H groups in total. The first-order valence-corrected chi connectivity index (χ1v) is 5.48. The van der Waals surface area contributed by atoms with Gasteiger partial charge in [0.15, 0.2) is 0 Å². The van der Waals surface area contributed by atoms with Crippen LogP contribution in [0.15, 0.2) is 59.8 Å². The molecule has 0 saturated carbocycles. The van der Waals surface area contributed by atoms with Gasteiger partial charge >= 0.3 is 0 Å². The van der Waals surface area contributed by atoms with Crippen molar-refractivity contribution in [1.82, 2.24) is 0 Å². The molecule has 0 aromatic rings. The third kappa shape index (κ3) is 5.21. The van der Waals surface area contributed by atoms with Gasteiger partial charge in [0.2, 0.25) is 0 Å². The van der Waals surface area contributed by atoms with Crippen LogP contribution < -0.4 is 0 Å². The van der Waals surface area contributed by atoms with E-state index in [1.165, 1.54) is 16.7 Å². The van der Waals surface area contributed by atoms with Gasteiger partial charge in [-0.2, -0.15) is 0 Å². The number of allylic oxidation sites excluding steroid dienone is 9. The fourth-order valence-corrected chi connectivity index (χ4v) is 1.22. The highest BCUT2D eigenvalue weighted by molar-refractivity contribution is 5.43. The maximum Gasteiger partial charge on any atom is -0.0228 e. The van der Waals surface area contributed by atoms with E-state index < -0.39 is 0 Å². The highest BCUT2D eigenvalue weighted by Crippen LogP contribution is 2.15. The molecule has 0 aliphatic heterocycles. The topological polar surface area (TPSA) is 0 Å². The Bertz CT molecular complexity index is 309. The van der Waals surface area contributed by atoms with Crippen molar-refractivity contribution in [3.8, 4) is 0 Å². The van der Waals surface area contributed by atoms with Gasteiger partial charge in [-0.1, -0.05) is 55.5 Å². The maximum absolute atomic E-state index is 3.69. The predicted molar refractivity (Wildman–Crippen MR) is 70.9 cm³/mol. The molecule has 0 bridgehead atoms. The van der Waals surface area contributed by atoms with E-state index in [1.54, 1.807) is 6.08 Å². The molecule has 0 heterocycles. The van der Waals surface area contributed by atoms with Crippen LogP contribution in [0.3, 0.4) is 0 Å². The lowest BCUT2D eigenvalue weighted by molar-refractivity contribution is 1.13. The van der Waals surface area contributed by atoms with Gasteiger partial charge in [-0.25, -0.2) is 0 Å². The highest BCUT2D eigenvalue weighted by Gasteiger charge is 1.95. The molecular weight excluding hydrogens is 180 g/mol. The normalized spacial score (nSPS) is 14.8. The summed E-state index contributed by atoms with van der Waals surface area (Å²) in [6, 6.07) is 0. The minimum atomic E-state index is 1.07. The zero-order chi connectivity index (χ0) is 11.7. The summed E-state index contributed by atoms with van der Waals surface area (Å²) in [6.07, 6.45) is 13.5. The van der Waals surface area contributed by atoms with E-state index in [2.05, 4.69) is 58.6 Å². The summed E-state index contributed by atoms with van der Waals surface area (Å²) >= 11 is 0. The summed E-state index contributed by atoms with van der Waals surface area (Å²) in [6.45, 7) is 12.1. The average molecular weight is 202 g/mol. The molecule has 15 heavy (non-hydrogen) atoms. The summed E-state index contributed by atoms with van der Waals surface area (Å²) in [5.74, 6) is 0. The Morgan fingerprint density at radius 3 is 2.27 bits per heavy atom. The molecule has 0 unspecified atom stereocenters. The summed E-state index contributed by atoms with van der Waals surface area (Å²) in [4.78, 5) is 0. The maximum atomic E-state index is 3.69. The molecule has 0 spiro atoms. The van der Waals surface area contributed by atoms with Crippen molar-refractivity contribution in [2.24, 2.45) is 0 Å². The van der Waals surface area contributed by atoms with Crippen molar-refractivity contribution in [3.05, 3.63) is 59.8 Å². The molecule has 0 aliphatic rings. The van der Waals surface area contributed by atoms with Crippen LogP contribution in [-0.4, -0.2) is 0 Å². The average Bonchev–Trinajstić information content (AvgIpc) is 2.28. The van der Waals surface area contributed by atoms with Gasteiger partial charge in [0, 0.05) is 0 Å². The summed E-state index contributed by atoms with van der Waals surface area (Å²) in [5, 5.41) is 0. The van der Waals surface area contributed by atoms with Crippen LogP contribution in [0.1, 0.15) is 34.1 Å². The molecule has 0 atom stereocenters. The Hall–Kier alpha value is -1.30. The number of hydrogen-bond donors (Lipinski definition) is 0. The van der Waals surface area contributed by atoms with Gasteiger partial charge in [-0.3, -0.25) is 0 Å². The van der Waals surface area contributed by atoms with Crippen molar-refractivity contribution in [3.63, 3.8) is 0 Å². The quantitative estimate of drug-likeness (QED) is 0.552. The Kier molecular flexibility index (Phi) is 7.35. The van der Waals surface area contributed by atoms with E-state index in [0.717, 1.165) is 6.42 Å². The van der Waals surface area contributed by atoms with Crippen LogP contribution in [0, 0.1) is 0 Å². The number of rotatable bonds is 5. The van der Waals surface area contributed by atoms with Gasteiger partial charge in [0.1, 0.15) is 0 Å². The predicted octanol–water partition coefficient (Wildman–Crippen LogP) is 4.98. The van der Waals surface area contributed by atoms with Crippen molar-refractivity contribution in [2.75, 3.05) is 0 Å². The molecule has 0 radical (unpaired) electrons. The minimum Gasteiger partial charge on any atom is -0.0991 e. The van der Waals surface area contributed by atoms with Crippen LogP contribution in [0.5, 0.6) is 0 Å². The molecule has 82 valence electrons. The van der Waals surface area contributed by atoms with Gasteiger partial charge in [0.25, 0.3) is 0 Å². The lowest BCUT2D eigenvalue weighted by atomic mass is 10.0. The second-order valence-corrected chi connectivity index (χ2v) is 3.38. The molecule has 0 aliphatic carbocycles. The fourth-order valence-electron chi connectivity index (χ4n) is 1.22. The van der Waals surface area contributed by atoms with Crippen LogP contribution in [0.4, 0.5) is 0 Å². The molecule has 0 rings (SSSR count). The highest BCUT2D eigenvalue weighted by atomic mass is 14.0. The molecule has 0 aromatic carbocycles. The number of hydrogen-bond acceptors (Lipinski definition) is 0. The first-order valence-electron chi connectivity index (χ1n) is 5.48. The molecule has 0 heteroatoms. The molecular formula is C15H22. The Labute approximate surface area is 94.4 Å². The fraction of sp³-hybridized carbons (Fsp3) is 0.333. The van der Waals surface area contributed by atoms with Crippen LogP contribution >= 0.6 is 0 Å². The monoisotopic (exact) mass is 202 g/mol. The second kappa shape index (κ2) is 8.05. The largest absolute Gasteiger partial charge is 0.0991 e. The lowest BCUT2D eigenvalue weighted by Crippen LogP contribution is -1.84. The lowest BCUT2D eigenvalue weighted by Gasteiger charge is -2.04. The van der Waals surface area contributed by atoms with E-state index in [-0.39, 0.29) is 0 Å². The van der Waals surface area contributed by atoms with Gasteiger partial charge in [0.05, 0.1) is 0 Å². The van der Waals surface area contributed by atoms with Crippen molar-refractivity contribution in [2.45, 2.75) is 34.1 Å². The standard InChI is InChI=1S/C15H22/c1-6-10-11-15(13(5)7-2)12-14(8-3)9-4/h6-8,10-12H,1,9H2,2-5H3/b11-10-,13-7-,14-8-,15-12-. The van der Waals surface area contributed by atoms with Crippen molar-refractivity contribution >= 4 is 0 Å². The Morgan fingerprint density at radius 2 is 1.87 bits per heavy atom. The summed E-state index contributed by atoms with van der Waals surface area (Å²) in [5.41, 5.74) is 3.91. The van der Waals surface area contributed by atoms with Crippen molar-refractivity contribution < 1.29 is 0 Å². The van der Waals surface area contributed by atoms with E-state index in [0.29, 0.717) is 0 Å². The Balaban J connectivity index is 5.09. The minimum absolute atomic E-state index is 1.07. The molecule has 0 nitrogen and oxygen atoms in total. The van der Waals surface area contributed by atoms with Crippen LogP contribution in [0.2, 0.25) is 0 Å². The Morgan fingerprint density at radius 1 is 1.20 bits per heavy atom. The second-order valence-electron chi connectivity index (χ2n) is 3.38. The van der Waals surface area contributed by atoms with E-state index in [1.807, 2.05) is 6.08 Å². The van der Waals surface area contributed by atoms with E-state index in [4.69, 9.17) is 0 Å². The van der Waals surface area contributed by atoms with Gasteiger partial charge in [-0.05, 0) is 38.3 Å². The van der Waals surface area contributed by atoms with Crippen LogP contribution in [0.25, 0.3) is 0 Å². The summed E-state index contributed by atoms with van der Waals surface area (Å²) in [7, 11) is 0. The SMILES string of the molecule is C=C\C=C/C(=C/C(=C\C)CC)C(/C)=C\C. The van der Waals surface area contributed by atoms with Gasteiger partial charge in [-0.15, -0.1) is 0 Å². The first kappa shape index (κ1) is 13.7.